The lowest BCUT2D eigenvalue weighted by atomic mass is 10.1. The second-order valence-corrected chi connectivity index (χ2v) is 5.31. The third-order valence-electron chi connectivity index (χ3n) is 3.09. The van der Waals surface area contributed by atoms with E-state index in [-0.39, 0.29) is 5.91 Å². The lowest BCUT2D eigenvalue weighted by Crippen LogP contribution is -2.31. The van der Waals surface area contributed by atoms with E-state index < -0.39 is 0 Å². The average Bonchev–Trinajstić information content (AvgIpc) is 2.66. The summed E-state index contributed by atoms with van der Waals surface area (Å²) in [7, 11) is 3.95. The molecule has 0 spiro atoms. The predicted molar refractivity (Wildman–Crippen MR) is 78.9 cm³/mol. The van der Waals surface area contributed by atoms with Crippen LogP contribution in [-0.2, 0) is 0 Å². The van der Waals surface area contributed by atoms with Gasteiger partial charge in [0.1, 0.15) is 5.69 Å². The molecule has 2 rings (SSSR count). The van der Waals surface area contributed by atoms with Crippen LogP contribution in [0.25, 0.3) is 10.9 Å². The molecule has 19 heavy (non-hydrogen) atoms. The van der Waals surface area contributed by atoms with E-state index >= 15 is 0 Å². The SMILES string of the molecule is Cc1c(C(=O)NCCN(C)C)[nH]c2ccc(Cl)cc12. The molecule has 0 aliphatic rings. The lowest BCUT2D eigenvalue weighted by Gasteiger charge is -2.10. The van der Waals surface area contributed by atoms with Crippen molar-refractivity contribution in [1.29, 1.82) is 0 Å². The molecule has 5 heteroatoms. The highest BCUT2D eigenvalue weighted by Crippen LogP contribution is 2.24. The number of H-pyrrole nitrogens is 1. The number of halogens is 1. The number of aromatic nitrogens is 1. The van der Waals surface area contributed by atoms with Gasteiger partial charge in [0, 0.05) is 29.0 Å². The number of carbonyl (C=O) groups excluding carboxylic acids is 1. The summed E-state index contributed by atoms with van der Waals surface area (Å²) in [6, 6.07) is 5.58. The maximum absolute atomic E-state index is 12.1. The molecule has 1 aromatic carbocycles. The Morgan fingerprint density at radius 1 is 1.42 bits per heavy atom. The van der Waals surface area contributed by atoms with Crippen molar-refractivity contribution in [2.45, 2.75) is 6.92 Å². The molecular weight excluding hydrogens is 262 g/mol. The number of benzene rings is 1. The molecule has 0 aliphatic heterocycles. The fourth-order valence-corrected chi connectivity index (χ4v) is 2.18. The Hall–Kier alpha value is -1.52. The molecule has 0 bridgehead atoms. The number of rotatable bonds is 4. The largest absolute Gasteiger partial charge is 0.350 e. The smallest absolute Gasteiger partial charge is 0.268 e. The van der Waals surface area contributed by atoms with E-state index in [1.165, 1.54) is 0 Å². The maximum Gasteiger partial charge on any atom is 0.268 e. The first-order chi connectivity index (χ1) is 8.99. The number of fused-ring (bicyclic) bond motifs is 1. The van der Waals surface area contributed by atoms with Crippen molar-refractivity contribution in [3.8, 4) is 0 Å². The number of nitrogens with zero attached hydrogens (tertiary/aromatic N) is 1. The summed E-state index contributed by atoms with van der Waals surface area (Å²) in [5, 5.41) is 4.57. The lowest BCUT2D eigenvalue weighted by molar-refractivity contribution is 0.0946. The topological polar surface area (TPSA) is 48.1 Å². The summed E-state index contributed by atoms with van der Waals surface area (Å²) in [6.07, 6.45) is 0. The van der Waals surface area contributed by atoms with Crippen molar-refractivity contribution in [1.82, 2.24) is 15.2 Å². The quantitative estimate of drug-likeness (QED) is 0.903. The zero-order valence-electron chi connectivity index (χ0n) is 11.4. The number of amides is 1. The first kappa shape index (κ1) is 13.9. The van der Waals surface area contributed by atoms with E-state index in [4.69, 9.17) is 11.6 Å². The summed E-state index contributed by atoms with van der Waals surface area (Å²) >= 11 is 5.98. The average molecular weight is 280 g/mol. The summed E-state index contributed by atoms with van der Waals surface area (Å²) < 4.78 is 0. The molecule has 0 saturated carbocycles. The maximum atomic E-state index is 12.1. The van der Waals surface area contributed by atoms with Crippen molar-refractivity contribution in [3.63, 3.8) is 0 Å². The van der Waals surface area contributed by atoms with Gasteiger partial charge in [-0.1, -0.05) is 11.6 Å². The monoisotopic (exact) mass is 279 g/mol. The van der Waals surface area contributed by atoms with Crippen molar-refractivity contribution in [2.75, 3.05) is 27.2 Å². The van der Waals surface area contributed by atoms with Crippen LogP contribution in [-0.4, -0.2) is 43.0 Å². The van der Waals surface area contributed by atoms with Gasteiger partial charge in [-0.3, -0.25) is 4.79 Å². The number of likely N-dealkylation sites (N-methyl/N-ethyl adjacent to an activating group) is 1. The highest BCUT2D eigenvalue weighted by atomic mass is 35.5. The van der Waals surface area contributed by atoms with Gasteiger partial charge in [-0.2, -0.15) is 0 Å². The van der Waals surface area contributed by atoms with Gasteiger partial charge in [0.25, 0.3) is 5.91 Å². The second-order valence-electron chi connectivity index (χ2n) is 4.87. The fourth-order valence-electron chi connectivity index (χ4n) is 2.01. The number of aryl methyl sites for hydroxylation is 1. The molecule has 1 heterocycles. The van der Waals surface area contributed by atoms with E-state index in [1.807, 2.05) is 44.1 Å². The van der Waals surface area contributed by atoms with Crippen LogP contribution in [0, 0.1) is 6.92 Å². The normalized spacial score (nSPS) is 11.2. The van der Waals surface area contributed by atoms with Crippen molar-refractivity contribution >= 4 is 28.4 Å². The molecule has 1 aromatic heterocycles. The van der Waals surface area contributed by atoms with Gasteiger partial charge in [0.2, 0.25) is 0 Å². The van der Waals surface area contributed by atoms with Crippen LogP contribution >= 0.6 is 11.6 Å². The zero-order chi connectivity index (χ0) is 14.0. The number of nitrogens with one attached hydrogen (secondary N) is 2. The van der Waals surface area contributed by atoms with E-state index in [0.29, 0.717) is 17.3 Å². The van der Waals surface area contributed by atoms with Gasteiger partial charge in [0.05, 0.1) is 0 Å². The minimum Gasteiger partial charge on any atom is -0.350 e. The number of carbonyl (C=O) groups is 1. The highest BCUT2D eigenvalue weighted by molar-refractivity contribution is 6.31. The summed E-state index contributed by atoms with van der Waals surface area (Å²) in [4.78, 5) is 17.3. The second kappa shape index (κ2) is 5.63. The van der Waals surface area contributed by atoms with Crippen LogP contribution in [0.1, 0.15) is 16.1 Å². The van der Waals surface area contributed by atoms with E-state index in [9.17, 15) is 4.79 Å². The van der Waals surface area contributed by atoms with Crippen molar-refractivity contribution in [2.24, 2.45) is 0 Å². The van der Waals surface area contributed by atoms with Gasteiger partial charge in [0.15, 0.2) is 0 Å². The van der Waals surface area contributed by atoms with Crippen molar-refractivity contribution in [3.05, 3.63) is 34.5 Å². The Balaban J connectivity index is 2.20. The van der Waals surface area contributed by atoms with Gasteiger partial charge >= 0.3 is 0 Å². The standard InChI is InChI=1S/C14H18ClN3O/c1-9-11-8-10(15)4-5-12(11)17-13(9)14(19)16-6-7-18(2)3/h4-5,8,17H,6-7H2,1-3H3,(H,16,19). The molecule has 0 radical (unpaired) electrons. The molecule has 2 N–H and O–H groups in total. The van der Waals surface area contributed by atoms with Crippen LogP contribution < -0.4 is 5.32 Å². The number of hydrogen-bond acceptors (Lipinski definition) is 2. The van der Waals surface area contributed by atoms with Crippen LogP contribution in [0.4, 0.5) is 0 Å². The van der Waals surface area contributed by atoms with Crippen molar-refractivity contribution < 1.29 is 4.79 Å². The third kappa shape index (κ3) is 3.08. The van der Waals surface area contributed by atoms with Crippen LogP contribution in [0.5, 0.6) is 0 Å². The molecule has 4 nitrogen and oxygen atoms in total. The molecule has 102 valence electrons. The molecule has 1 amide bonds. The Labute approximate surface area is 117 Å². The minimum absolute atomic E-state index is 0.0772. The van der Waals surface area contributed by atoms with Crippen LogP contribution in [0.15, 0.2) is 18.2 Å². The first-order valence-electron chi connectivity index (χ1n) is 6.20. The third-order valence-corrected chi connectivity index (χ3v) is 3.33. The van der Waals surface area contributed by atoms with E-state index in [0.717, 1.165) is 23.0 Å². The Morgan fingerprint density at radius 3 is 2.84 bits per heavy atom. The predicted octanol–water partition coefficient (Wildman–Crippen LogP) is 2.42. The first-order valence-corrected chi connectivity index (χ1v) is 6.57. The van der Waals surface area contributed by atoms with Crippen LogP contribution in [0.2, 0.25) is 5.02 Å². The fraction of sp³-hybridized carbons (Fsp3) is 0.357. The molecule has 0 atom stereocenters. The van der Waals surface area contributed by atoms with Gasteiger partial charge in [-0.15, -0.1) is 0 Å². The van der Waals surface area contributed by atoms with E-state index in [2.05, 4.69) is 10.3 Å². The Bertz CT molecular complexity index is 604. The molecule has 2 aromatic rings. The van der Waals surface area contributed by atoms with Crippen LogP contribution in [0.3, 0.4) is 0 Å². The molecular formula is C14H18ClN3O. The summed E-state index contributed by atoms with van der Waals surface area (Å²) in [6.45, 7) is 3.37. The highest BCUT2D eigenvalue weighted by Gasteiger charge is 2.14. The molecule has 0 unspecified atom stereocenters. The molecule has 0 saturated heterocycles. The Morgan fingerprint density at radius 2 is 2.16 bits per heavy atom. The van der Waals surface area contributed by atoms with Gasteiger partial charge in [-0.05, 0) is 44.8 Å². The number of hydrogen-bond donors (Lipinski definition) is 2. The zero-order valence-corrected chi connectivity index (χ0v) is 12.1. The minimum atomic E-state index is -0.0772. The number of aromatic amines is 1. The molecule has 0 fully saturated rings. The molecule has 0 aliphatic carbocycles. The van der Waals surface area contributed by atoms with Gasteiger partial charge in [-0.25, -0.2) is 0 Å². The van der Waals surface area contributed by atoms with Gasteiger partial charge < -0.3 is 15.2 Å². The Kier molecular flexibility index (Phi) is 4.12. The summed E-state index contributed by atoms with van der Waals surface area (Å²) in [5.74, 6) is -0.0772. The van der Waals surface area contributed by atoms with E-state index in [1.54, 1.807) is 0 Å². The summed E-state index contributed by atoms with van der Waals surface area (Å²) in [5.41, 5.74) is 2.47.